The van der Waals surface area contributed by atoms with Crippen LogP contribution in [0.25, 0.3) is 0 Å². The maximum absolute atomic E-state index is 10.4. The van der Waals surface area contributed by atoms with E-state index >= 15 is 0 Å². The van der Waals surface area contributed by atoms with Gasteiger partial charge in [-0.1, -0.05) is 19.8 Å². The predicted octanol–water partition coefficient (Wildman–Crippen LogP) is 1.41. The highest BCUT2D eigenvalue weighted by Gasteiger charge is 2.32. The summed E-state index contributed by atoms with van der Waals surface area (Å²) >= 11 is 0. The van der Waals surface area contributed by atoms with Gasteiger partial charge in [-0.05, 0) is 24.8 Å². The molecule has 1 heterocycles. The maximum Gasteiger partial charge on any atom is 0.224 e. The van der Waals surface area contributed by atoms with Crippen molar-refractivity contribution in [3.8, 4) is 0 Å². The molecule has 0 amide bonds. The summed E-state index contributed by atoms with van der Waals surface area (Å²) in [5, 5.41) is 13.5. The standard InChI is InChI=1S/C12H20N4O/c1-9-3-2-5-12(17,7-9)8-15-11-14-6-4-10(13)16-11/h4,6,9,17H,2-3,5,7-8H2,1H3,(H3,13,14,15,16). The molecule has 5 nitrogen and oxygen atoms in total. The molecule has 94 valence electrons. The van der Waals surface area contributed by atoms with Gasteiger partial charge >= 0.3 is 0 Å². The molecule has 1 saturated carbocycles. The van der Waals surface area contributed by atoms with Crippen LogP contribution >= 0.6 is 0 Å². The summed E-state index contributed by atoms with van der Waals surface area (Å²) in [6, 6.07) is 1.64. The molecule has 0 aromatic carbocycles. The Morgan fingerprint density at radius 1 is 1.65 bits per heavy atom. The molecule has 1 aliphatic carbocycles. The van der Waals surface area contributed by atoms with E-state index in [4.69, 9.17) is 5.73 Å². The van der Waals surface area contributed by atoms with Crippen molar-refractivity contribution in [2.24, 2.45) is 5.92 Å². The van der Waals surface area contributed by atoms with E-state index < -0.39 is 5.60 Å². The van der Waals surface area contributed by atoms with Crippen LogP contribution in [-0.4, -0.2) is 27.2 Å². The first-order valence-electron chi connectivity index (χ1n) is 6.12. The van der Waals surface area contributed by atoms with Gasteiger partial charge in [-0.25, -0.2) is 4.98 Å². The number of nitrogens with zero attached hydrogens (tertiary/aromatic N) is 2. The highest BCUT2D eigenvalue weighted by molar-refractivity contribution is 5.35. The molecule has 2 unspecified atom stereocenters. The lowest BCUT2D eigenvalue weighted by Crippen LogP contribution is -2.41. The van der Waals surface area contributed by atoms with Gasteiger partial charge in [0, 0.05) is 12.7 Å². The number of hydrogen-bond donors (Lipinski definition) is 3. The van der Waals surface area contributed by atoms with Crippen molar-refractivity contribution in [2.75, 3.05) is 17.6 Å². The Labute approximate surface area is 101 Å². The Balaban J connectivity index is 1.93. The number of nitrogens with one attached hydrogen (secondary N) is 1. The van der Waals surface area contributed by atoms with Gasteiger partial charge in [0.25, 0.3) is 0 Å². The summed E-state index contributed by atoms with van der Waals surface area (Å²) < 4.78 is 0. The Kier molecular flexibility index (Phi) is 3.47. The number of nitrogens with two attached hydrogens (primary N) is 1. The zero-order valence-corrected chi connectivity index (χ0v) is 10.2. The first kappa shape index (κ1) is 12.1. The molecule has 0 radical (unpaired) electrons. The third-order valence-corrected chi connectivity index (χ3v) is 3.32. The normalized spacial score (nSPS) is 28.9. The maximum atomic E-state index is 10.4. The van der Waals surface area contributed by atoms with Crippen LogP contribution in [0.5, 0.6) is 0 Å². The topological polar surface area (TPSA) is 84.1 Å². The fourth-order valence-electron chi connectivity index (χ4n) is 2.49. The molecule has 1 fully saturated rings. The summed E-state index contributed by atoms with van der Waals surface area (Å²) in [5.74, 6) is 1.50. The highest BCUT2D eigenvalue weighted by atomic mass is 16.3. The van der Waals surface area contributed by atoms with Crippen molar-refractivity contribution in [3.05, 3.63) is 12.3 Å². The smallest absolute Gasteiger partial charge is 0.224 e. The van der Waals surface area contributed by atoms with Crippen molar-refractivity contribution >= 4 is 11.8 Å². The minimum Gasteiger partial charge on any atom is -0.388 e. The Bertz CT molecular complexity index is 385. The van der Waals surface area contributed by atoms with Crippen molar-refractivity contribution in [1.29, 1.82) is 0 Å². The first-order chi connectivity index (χ1) is 8.07. The summed E-state index contributed by atoms with van der Waals surface area (Å²) in [6.45, 7) is 2.67. The number of aliphatic hydroxyl groups is 1. The molecule has 5 heteroatoms. The molecule has 0 bridgehead atoms. The SMILES string of the molecule is CC1CCCC(O)(CNc2nccc(N)n2)C1. The van der Waals surface area contributed by atoms with Crippen LogP contribution in [0.1, 0.15) is 32.6 Å². The van der Waals surface area contributed by atoms with Gasteiger partial charge in [0.1, 0.15) is 5.82 Å². The monoisotopic (exact) mass is 236 g/mol. The molecule has 1 aromatic rings. The van der Waals surface area contributed by atoms with Gasteiger partial charge in [0.15, 0.2) is 0 Å². The Morgan fingerprint density at radius 2 is 2.47 bits per heavy atom. The van der Waals surface area contributed by atoms with Crippen molar-refractivity contribution in [1.82, 2.24) is 9.97 Å². The van der Waals surface area contributed by atoms with Crippen LogP contribution in [0.4, 0.5) is 11.8 Å². The third kappa shape index (κ3) is 3.30. The van der Waals surface area contributed by atoms with E-state index in [1.54, 1.807) is 12.3 Å². The fraction of sp³-hybridized carbons (Fsp3) is 0.667. The van der Waals surface area contributed by atoms with Crippen LogP contribution in [-0.2, 0) is 0 Å². The number of hydrogen-bond acceptors (Lipinski definition) is 5. The van der Waals surface area contributed by atoms with Crippen LogP contribution in [0.3, 0.4) is 0 Å². The first-order valence-corrected chi connectivity index (χ1v) is 6.12. The minimum absolute atomic E-state index is 0.437. The second-order valence-electron chi connectivity index (χ2n) is 5.08. The van der Waals surface area contributed by atoms with E-state index in [0.717, 1.165) is 19.3 Å². The largest absolute Gasteiger partial charge is 0.388 e. The molecular formula is C12H20N4O. The van der Waals surface area contributed by atoms with Crippen LogP contribution in [0, 0.1) is 5.92 Å². The quantitative estimate of drug-likeness (QED) is 0.739. The third-order valence-electron chi connectivity index (χ3n) is 3.32. The molecule has 0 spiro atoms. The predicted molar refractivity (Wildman–Crippen MR) is 67.5 cm³/mol. The van der Waals surface area contributed by atoms with Crippen LogP contribution in [0.15, 0.2) is 12.3 Å². The van der Waals surface area contributed by atoms with Crippen molar-refractivity contribution in [3.63, 3.8) is 0 Å². The molecule has 1 aromatic heterocycles. The molecule has 4 N–H and O–H groups in total. The van der Waals surface area contributed by atoms with Gasteiger partial charge in [-0.2, -0.15) is 4.98 Å². The van der Waals surface area contributed by atoms with Gasteiger partial charge in [-0.15, -0.1) is 0 Å². The van der Waals surface area contributed by atoms with Gasteiger partial charge in [-0.3, -0.25) is 0 Å². The lowest BCUT2D eigenvalue weighted by molar-refractivity contribution is -0.000894. The number of anilines is 2. The average molecular weight is 236 g/mol. The molecule has 0 aliphatic heterocycles. The fourth-order valence-corrected chi connectivity index (χ4v) is 2.49. The second-order valence-corrected chi connectivity index (χ2v) is 5.08. The van der Waals surface area contributed by atoms with Crippen LogP contribution < -0.4 is 11.1 Å². The number of nitrogen functional groups attached to an aromatic ring is 1. The van der Waals surface area contributed by atoms with Crippen molar-refractivity contribution in [2.45, 2.75) is 38.2 Å². The van der Waals surface area contributed by atoms with E-state index in [1.165, 1.54) is 6.42 Å². The molecule has 2 rings (SSSR count). The Morgan fingerprint density at radius 3 is 3.18 bits per heavy atom. The zero-order valence-electron chi connectivity index (χ0n) is 10.2. The van der Waals surface area contributed by atoms with Gasteiger partial charge in [0.2, 0.25) is 5.95 Å². The Hall–Kier alpha value is -1.36. The second kappa shape index (κ2) is 4.87. The van der Waals surface area contributed by atoms with E-state index in [9.17, 15) is 5.11 Å². The number of rotatable bonds is 3. The van der Waals surface area contributed by atoms with E-state index in [1.807, 2.05) is 0 Å². The zero-order chi connectivity index (χ0) is 12.3. The van der Waals surface area contributed by atoms with E-state index in [-0.39, 0.29) is 0 Å². The van der Waals surface area contributed by atoms with Crippen LogP contribution in [0.2, 0.25) is 0 Å². The van der Waals surface area contributed by atoms with E-state index in [0.29, 0.717) is 24.2 Å². The van der Waals surface area contributed by atoms with Gasteiger partial charge < -0.3 is 16.2 Å². The molecule has 0 saturated heterocycles. The molecule has 17 heavy (non-hydrogen) atoms. The van der Waals surface area contributed by atoms with E-state index in [2.05, 4.69) is 22.2 Å². The summed E-state index contributed by atoms with van der Waals surface area (Å²) in [6.07, 6.45) is 5.57. The summed E-state index contributed by atoms with van der Waals surface area (Å²) in [4.78, 5) is 8.11. The number of aromatic nitrogens is 2. The molecule has 1 aliphatic rings. The molecular weight excluding hydrogens is 216 g/mol. The van der Waals surface area contributed by atoms with Gasteiger partial charge in [0.05, 0.1) is 5.60 Å². The summed E-state index contributed by atoms with van der Waals surface area (Å²) in [7, 11) is 0. The lowest BCUT2D eigenvalue weighted by Gasteiger charge is -2.35. The molecule has 2 atom stereocenters. The average Bonchev–Trinajstić information content (AvgIpc) is 2.26. The highest BCUT2D eigenvalue weighted by Crippen LogP contribution is 2.32. The lowest BCUT2D eigenvalue weighted by atomic mass is 9.79. The minimum atomic E-state index is -0.633. The van der Waals surface area contributed by atoms with Crippen molar-refractivity contribution < 1.29 is 5.11 Å². The summed E-state index contributed by atoms with van der Waals surface area (Å²) in [5.41, 5.74) is 4.94.